The maximum atomic E-state index is 9.44. The molecule has 98 valence electrons. The summed E-state index contributed by atoms with van der Waals surface area (Å²) in [5, 5.41) is 19.5. The molecule has 19 heavy (non-hydrogen) atoms. The minimum absolute atomic E-state index is 0.149. The van der Waals surface area contributed by atoms with Gasteiger partial charge in [-0.2, -0.15) is 10.5 Å². The Morgan fingerprint density at radius 1 is 1.32 bits per heavy atom. The molecule has 0 spiro atoms. The van der Waals surface area contributed by atoms with Crippen LogP contribution < -0.4 is 0 Å². The molecule has 0 amide bonds. The van der Waals surface area contributed by atoms with E-state index >= 15 is 0 Å². The predicted octanol–water partition coefficient (Wildman–Crippen LogP) is 4.83. The smallest absolute Gasteiger partial charge is 0.150 e. The number of allylic oxidation sites excluding steroid dienone is 1. The first-order chi connectivity index (χ1) is 9.09. The Bertz CT molecular complexity index is 491. The van der Waals surface area contributed by atoms with E-state index in [-0.39, 0.29) is 5.92 Å². The molecule has 0 aliphatic heterocycles. The van der Waals surface area contributed by atoms with E-state index < -0.39 is 5.41 Å². The van der Waals surface area contributed by atoms with Crippen molar-refractivity contribution < 1.29 is 0 Å². The molecule has 0 radical (unpaired) electrons. The monoisotopic (exact) mass is 272 g/mol. The van der Waals surface area contributed by atoms with Gasteiger partial charge in [0.25, 0.3) is 0 Å². The molecule has 0 aromatic heterocycles. The second-order valence-electron chi connectivity index (χ2n) is 4.65. The molecule has 0 fully saturated rings. The fourth-order valence-corrected chi connectivity index (χ4v) is 2.23. The van der Waals surface area contributed by atoms with Gasteiger partial charge in [0.15, 0.2) is 0 Å². The fourth-order valence-electron chi connectivity index (χ4n) is 2.11. The van der Waals surface area contributed by atoms with Crippen molar-refractivity contribution in [3.63, 3.8) is 0 Å². The summed E-state index contributed by atoms with van der Waals surface area (Å²) in [5.41, 5.74) is -0.0253. The highest BCUT2D eigenvalue weighted by molar-refractivity contribution is 6.30. The van der Waals surface area contributed by atoms with E-state index in [1.165, 1.54) is 0 Å². The summed E-state index contributed by atoms with van der Waals surface area (Å²) in [6, 6.07) is 11.8. The van der Waals surface area contributed by atoms with Crippen molar-refractivity contribution in [3.8, 4) is 12.1 Å². The van der Waals surface area contributed by atoms with Gasteiger partial charge in [-0.05, 0) is 37.0 Å². The molecule has 0 N–H and O–H groups in total. The maximum absolute atomic E-state index is 9.44. The van der Waals surface area contributed by atoms with Crippen molar-refractivity contribution in [1.29, 1.82) is 10.5 Å². The van der Waals surface area contributed by atoms with Gasteiger partial charge in [0.05, 0.1) is 12.1 Å². The van der Waals surface area contributed by atoms with Gasteiger partial charge in [0, 0.05) is 10.9 Å². The zero-order valence-electron chi connectivity index (χ0n) is 11.1. The van der Waals surface area contributed by atoms with E-state index in [1.807, 2.05) is 25.1 Å². The van der Waals surface area contributed by atoms with Crippen LogP contribution >= 0.6 is 11.6 Å². The zero-order valence-corrected chi connectivity index (χ0v) is 11.8. The van der Waals surface area contributed by atoms with Crippen molar-refractivity contribution in [1.82, 2.24) is 0 Å². The number of nitriles is 2. The molecule has 0 saturated heterocycles. The van der Waals surface area contributed by atoms with Gasteiger partial charge in [0.1, 0.15) is 5.41 Å². The van der Waals surface area contributed by atoms with Gasteiger partial charge in [0.2, 0.25) is 0 Å². The molecule has 0 aliphatic rings. The standard InChI is InChI=1S/C16H17ClN2/c1-3-4-5-10-16(11-18,12-19)13(2)14-6-8-15(17)9-7-14/h3,6-9,13H,1,4-5,10H2,2H3. The Balaban J connectivity index is 2.98. The summed E-state index contributed by atoms with van der Waals surface area (Å²) >= 11 is 5.86. The first kappa shape index (κ1) is 15.3. The number of nitrogens with zero attached hydrogens (tertiary/aromatic N) is 2. The predicted molar refractivity (Wildman–Crippen MR) is 77.6 cm³/mol. The highest BCUT2D eigenvalue weighted by Gasteiger charge is 2.37. The average molecular weight is 273 g/mol. The van der Waals surface area contributed by atoms with Crippen LogP contribution in [0.15, 0.2) is 36.9 Å². The Labute approximate surface area is 119 Å². The summed E-state index contributed by atoms with van der Waals surface area (Å²) in [4.78, 5) is 0. The lowest BCUT2D eigenvalue weighted by atomic mass is 9.72. The van der Waals surface area contributed by atoms with E-state index in [1.54, 1.807) is 12.1 Å². The number of halogens is 1. The van der Waals surface area contributed by atoms with E-state index in [4.69, 9.17) is 11.6 Å². The first-order valence-corrected chi connectivity index (χ1v) is 6.66. The van der Waals surface area contributed by atoms with Gasteiger partial charge >= 0.3 is 0 Å². The number of benzene rings is 1. The molecule has 1 atom stereocenters. The molecule has 1 unspecified atom stereocenters. The van der Waals surface area contributed by atoms with Crippen molar-refractivity contribution in [2.75, 3.05) is 0 Å². The molecule has 1 aromatic rings. The molecule has 1 aromatic carbocycles. The summed E-state index contributed by atoms with van der Waals surface area (Å²) < 4.78 is 0. The second kappa shape index (κ2) is 6.98. The normalized spacial score (nSPS) is 12.2. The van der Waals surface area contributed by atoms with Crippen molar-refractivity contribution in [3.05, 3.63) is 47.5 Å². The molecule has 0 aliphatic carbocycles. The molecule has 0 heterocycles. The summed E-state index contributed by atoms with van der Waals surface area (Å²) in [6.45, 7) is 5.58. The van der Waals surface area contributed by atoms with Crippen LogP contribution in [0.2, 0.25) is 5.02 Å². The fraction of sp³-hybridized carbons (Fsp3) is 0.375. The minimum atomic E-state index is -0.989. The summed E-state index contributed by atoms with van der Waals surface area (Å²) in [7, 11) is 0. The van der Waals surface area contributed by atoms with Crippen LogP contribution in [-0.4, -0.2) is 0 Å². The van der Waals surface area contributed by atoms with Crippen LogP contribution in [0.4, 0.5) is 0 Å². The van der Waals surface area contributed by atoms with Crippen LogP contribution in [0.25, 0.3) is 0 Å². The number of unbranched alkanes of at least 4 members (excludes halogenated alkanes) is 1. The Morgan fingerprint density at radius 3 is 2.37 bits per heavy atom. The summed E-state index contributed by atoms with van der Waals surface area (Å²) in [6.07, 6.45) is 3.98. The van der Waals surface area contributed by atoms with Crippen molar-refractivity contribution in [2.24, 2.45) is 5.41 Å². The third-order valence-corrected chi connectivity index (χ3v) is 3.74. The molecular formula is C16H17ClN2. The van der Waals surface area contributed by atoms with Gasteiger partial charge in [-0.15, -0.1) is 6.58 Å². The van der Waals surface area contributed by atoms with Gasteiger partial charge in [-0.3, -0.25) is 0 Å². The van der Waals surface area contributed by atoms with Gasteiger partial charge in [-0.25, -0.2) is 0 Å². The van der Waals surface area contributed by atoms with E-state index in [0.29, 0.717) is 11.4 Å². The maximum Gasteiger partial charge on any atom is 0.150 e. The van der Waals surface area contributed by atoms with Gasteiger partial charge in [-0.1, -0.05) is 36.7 Å². The second-order valence-corrected chi connectivity index (χ2v) is 5.09. The summed E-state index contributed by atoms with van der Waals surface area (Å²) in [5.74, 6) is -0.149. The van der Waals surface area contributed by atoms with E-state index in [0.717, 1.165) is 18.4 Å². The van der Waals surface area contributed by atoms with E-state index in [2.05, 4.69) is 18.7 Å². The Morgan fingerprint density at radius 2 is 1.89 bits per heavy atom. The van der Waals surface area contributed by atoms with Crippen LogP contribution in [-0.2, 0) is 0 Å². The highest BCUT2D eigenvalue weighted by Crippen LogP contribution is 2.39. The van der Waals surface area contributed by atoms with Crippen LogP contribution in [0.3, 0.4) is 0 Å². The number of hydrogen-bond acceptors (Lipinski definition) is 2. The number of rotatable bonds is 6. The topological polar surface area (TPSA) is 47.6 Å². The molecule has 0 saturated carbocycles. The zero-order chi connectivity index (χ0) is 14.3. The molecule has 1 rings (SSSR count). The molecule has 0 bridgehead atoms. The first-order valence-electron chi connectivity index (χ1n) is 6.28. The lowest BCUT2D eigenvalue weighted by Crippen LogP contribution is -2.24. The lowest BCUT2D eigenvalue weighted by molar-refractivity contribution is 0.391. The molecular weight excluding hydrogens is 256 g/mol. The largest absolute Gasteiger partial charge is 0.197 e. The molecule has 3 heteroatoms. The SMILES string of the molecule is C=CCCCC(C#N)(C#N)C(C)c1ccc(Cl)cc1. The highest BCUT2D eigenvalue weighted by atomic mass is 35.5. The van der Waals surface area contributed by atoms with Crippen LogP contribution in [0.5, 0.6) is 0 Å². The van der Waals surface area contributed by atoms with Gasteiger partial charge < -0.3 is 0 Å². The van der Waals surface area contributed by atoms with E-state index in [9.17, 15) is 10.5 Å². The third-order valence-electron chi connectivity index (χ3n) is 3.49. The molecule has 2 nitrogen and oxygen atoms in total. The van der Waals surface area contributed by atoms with Crippen molar-refractivity contribution in [2.45, 2.75) is 32.1 Å². The van der Waals surface area contributed by atoms with Crippen LogP contribution in [0.1, 0.15) is 37.7 Å². The van der Waals surface area contributed by atoms with Crippen LogP contribution in [0, 0.1) is 28.1 Å². The Kier molecular flexibility index (Phi) is 5.61. The van der Waals surface area contributed by atoms with Crippen molar-refractivity contribution >= 4 is 11.6 Å². The lowest BCUT2D eigenvalue weighted by Gasteiger charge is -2.26. The quantitative estimate of drug-likeness (QED) is 0.550. The third kappa shape index (κ3) is 3.60. The average Bonchev–Trinajstić information content (AvgIpc) is 2.44. The number of hydrogen-bond donors (Lipinski definition) is 0. The Hall–Kier alpha value is -1.77. The minimum Gasteiger partial charge on any atom is -0.197 e.